The molecule has 7 heteroatoms. The van der Waals surface area contributed by atoms with Crippen LogP contribution in [0.5, 0.6) is 0 Å². The zero-order valence-corrected chi connectivity index (χ0v) is 16.0. The fourth-order valence-electron chi connectivity index (χ4n) is 3.55. The summed E-state index contributed by atoms with van der Waals surface area (Å²) >= 11 is 0. The highest BCUT2D eigenvalue weighted by Gasteiger charge is 2.47. The second-order valence-corrected chi connectivity index (χ2v) is 6.86. The molecule has 2 aromatic rings. The first-order valence-electron chi connectivity index (χ1n) is 9.53. The first kappa shape index (κ1) is 18.9. The molecule has 1 aromatic heterocycles. The van der Waals surface area contributed by atoms with Crippen LogP contribution in [0.1, 0.15) is 23.4 Å². The lowest BCUT2D eigenvalue weighted by atomic mass is 9.96. The van der Waals surface area contributed by atoms with Crippen molar-refractivity contribution >= 4 is 31.0 Å². The van der Waals surface area contributed by atoms with E-state index >= 15 is 4.32 Å². The Balaban J connectivity index is 1.56. The van der Waals surface area contributed by atoms with Crippen molar-refractivity contribution in [3.63, 3.8) is 0 Å². The van der Waals surface area contributed by atoms with Crippen LogP contribution in [-0.2, 0) is 11.2 Å². The number of benzene rings is 1. The molecule has 0 radical (unpaired) electrons. The van der Waals surface area contributed by atoms with E-state index < -0.39 is 7.26 Å². The molecule has 0 unspecified atom stereocenters. The molecule has 0 atom stereocenters. The maximum atomic E-state index is 15.5. The SMILES string of the molecule is [NH3+]NC(=O)CCc1ccc2n1B(F)[N+]1=C(/C=C/C=C/c3ccccc3)C=CC1=C2. The van der Waals surface area contributed by atoms with Crippen molar-refractivity contribution in [1.29, 1.82) is 0 Å². The van der Waals surface area contributed by atoms with E-state index in [1.165, 1.54) is 0 Å². The zero-order valence-electron chi connectivity index (χ0n) is 16.0. The molecule has 0 bridgehead atoms. The number of quaternary nitrogens is 1. The molecule has 2 aliphatic heterocycles. The molecule has 0 spiro atoms. The molecule has 1 aromatic carbocycles. The third kappa shape index (κ3) is 3.91. The van der Waals surface area contributed by atoms with Crippen molar-refractivity contribution < 1.29 is 19.4 Å². The summed E-state index contributed by atoms with van der Waals surface area (Å²) in [7, 11) is -1.36. The van der Waals surface area contributed by atoms with Crippen LogP contribution < -0.4 is 11.3 Å². The smallest absolute Gasteiger partial charge is 0.290 e. The van der Waals surface area contributed by atoms with Crippen molar-refractivity contribution in [2.45, 2.75) is 12.8 Å². The van der Waals surface area contributed by atoms with Crippen LogP contribution in [0, 0.1) is 0 Å². The molecule has 4 rings (SSSR count). The van der Waals surface area contributed by atoms with Crippen LogP contribution in [0.3, 0.4) is 0 Å². The van der Waals surface area contributed by atoms with E-state index in [9.17, 15) is 4.79 Å². The van der Waals surface area contributed by atoms with E-state index in [0.29, 0.717) is 6.42 Å². The van der Waals surface area contributed by atoms with Gasteiger partial charge in [-0.15, -0.1) is 0 Å². The molecule has 2 aliphatic rings. The minimum atomic E-state index is -1.36. The number of allylic oxidation sites excluding steroid dienone is 5. The first-order valence-corrected chi connectivity index (χ1v) is 9.53. The maximum Gasteiger partial charge on any atom is 0.846 e. The number of nitrogens with zero attached hydrogens (tertiary/aromatic N) is 2. The lowest BCUT2D eigenvalue weighted by Crippen LogP contribution is -2.67. The van der Waals surface area contributed by atoms with Gasteiger partial charge < -0.3 is 0 Å². The van der Waals surface area contributed by atoms with Crippen LogP contribution >= 0.6 is 0 Å². The summed E-state index contributed by atoms with van der Waals surface area (Å²) in [6, 6.07) is 13.8. The number of halogens is 1. The van der Waals surface area contributed by atoms with Gasteiger partial charge in [-0.2, -0.15) is 0 Å². The fraction of sp³-hybridized carbons (Fsp3) is 0.0909. The fourth-order valence-corrected chi connectivity index (χ4v) is 3.55. The Morgan fingerprint density at radius 2 is 1.93 bits per heavy atom. The van der Waals surface area contributed by atoms with Gasteiger partial charge in [0.1, 0.15) is 0 Å². The van der Waals surface area contributed by atoms with E-state index in [2.05, 4.69) is 11.3 Å². The number of amides is 1. The van der Waals surface area contributed by atoms with Crippen LogP contribution in [0.25, 0.3) is 12.2 Å². The summed E-state index contributed by atoms with van der Waals surface area (Å²) in [5, 5.41) is 0. The van der Waals surface area contributed by atoms with E-state index in [1.54, 1.807) is 8.96 Å². The Bertz CT molecular complexity index is 1080. The average molecular weight is 388 g/mol. The lowest BCUT2D eigenvalue weighted by molar-refractivity contribution is -0.427. The van der Waals surface area contributed by atoms with Gasteiger partial charge in [-0.3, -0.25) is 15.1 Å². The van der Waals surface area contributed by atoms with Gasteiger partial charge >= 0.3 is 7.26 Å². The number of aromatic nitrogens is 1. The quantitative estimate of drug-likeness (QED) is 0.445. The van der Waals surface area contributed by atoms with Crippen LogP contribution in [-0.4, -0.2) is 27.8 Å². The molecular weight excluding hydrogens is 366 g/mol. The summed E-state index contributed by atoms with van der Waals surface area (Å²) in [6.07, 6.45) is 14.3. The highest BCUT2D eigenvalue weighted by molar-refractivity contribution is 6.43. The van der Waals surface area contributed by atoms with Gasteiger partial charge in [-0.1, -0.05) is 48.6 Å². The average Bonchev–Trinajstić information content (AvgIpc) is 3.35. The molecular formula is C22H22BFN4O+2. The Morgan fingerprint density at radius 1 is 1.14 bits per heavy atom. The Hall–Kier alpha value is -3.45. The van der Waals surface area contributed by atoms with Crippen molar-refractivity contribution in [3.8, 4) is 0 Å². The molecule has 29 heavy (non-hydrogen) atoms. The monoisotopic (exact) mass is 388 g/mol. The van der Waals surface area contributed by atoms with Gasteiger partial charge in [0.25, 0.3) is 5.91 Å². The third-order valence-electron chi connectivity index (χ3n) is 5.01. The Kier molecular flexibility index (Phi) is 5.40. The second kappa shape index (κ2) is 8.28. The number of aryl methyl sites for hydroxylation is 1. The lowest BCUT2D eigenvalue weighted by Gasteiger charge is -2.14. The number of fused-ring (bicyclic) bond motifs is 2. The molecule has 0 saturated heterocycles. The highest BCUT2D eigenvalue weighted by Crippen LogP contribution is 2.26. The molecule has 1 amide bonds. The van der Waals surface area contributed by atoms with E-state index in [-0.39, 0.29) is 12.3 Å². The number of rotatable bonds is 6. The van der Waals surface area contributed by atoms with Gasteiger partial charge in [-0.05, 0) is 24.1 Å². The maximum absolute atomic E-state index is 15.5. The summed E-state index contributed by atoms with van der Waals surface area (Å²) < 4.78 is 18.8. The highest BCUT2D eigenvalue weighted by atomic mass is 19.1. The number of hydrogen-bond donors (Lipinski definition) is 2. The van der Waals surface area contributed by atoms with Crippen molar-refractivity contribution in [2.75, 3.05) is 0 Å². The molecule has 0 fully saturated rings. The largest absolute Gasteiger partial charge is 0.846 e. The minimum absolute atomic E-state index is 0.161. The Labute approximate surface area is 169 Å². The van der Waals surface area contributed by atoms with Crippen molar-refractivity contribution in [1.82, 2.24) is 9.90 Å². The predicted octanol–water partition coefficient (Wildman–Crippen LogP) is 2.14. The summed E-state index contributed by atoms with van der Waals surface area (Å²) in [5.74, 6) is 3.21. The van der Waals surface area contributed by atoms with Gasteiger partial charge in [0.05, 0.1) is 0 Å². The van der Waals surface area contributed by atoms with Crippen LogP contribution in [0.4, 0.5) is 4.32 Å². The number of hydrogen-bond acceptors (Lipinski definition) is 1. The van der Waals surface area contributed by atoms with E-state index in [1.807, 2.05) is 85.0 Å². The number of nitrogens with one attached hydrogen (secondary N) is 1. The van der Waals surface area contributed by atoms with Gasteiger partial charge in [0.2, 0.25) is 0 Å². The normalized spacial score (nSPS) is 15.2. The van der Waals surface area contributed by atoms with Gasteiger partial charge in [-0.25, -0.2) is 14.2 Å². The van der Waals surface area contributed by atoms with Crippen molar-refractivity contribution in [2.24, 2.45) is 0 Å². The summed E-state index contributed by atoms with van der Waals surface area (Å²) in [6.45, 7) is 0. The first-order chi connectivity index (χ1) is 14.2. The minimum Gasteiger partial charge on any atom is -0.290 e. The molecule has 0 saturated carbocycles. The summed E-state index contributed by atoms with van der Waals surface area (Å²) in [4.78, 5) is 11.5. The molecule has 4 N–H and O–H groups in total. The van der Waals surface area contributed by atoms with E-state index in [4.69, 9.17) is 0 Å². The standard InChI is InChI=1S/C22H20BFN4O/c24-23-27-18(9-5-4-8-17-6-2-1-3-7-17)10-12-20(27)16-21-13-11-19(28(21)23)14-15-22(29)26-25/h1-13,16H,14-15,25H2/p+2/b8-4+,9-5+. The number of carbonyl (C=O) groups is 1. The van der Waals surface area contributed by atoms with Crippen LogP contribution in [0.15, 0.2) is 78.5 Å². The Morgan fingerprint density at radius 3 is 2.72 bits per heavy atom. The summed E-state index contributed by atoms with van der Waals surface area (Å²) in [5.41, 5.74) is 6.65. The third-order valence-corrected chi connectivity index (χ3v) is 5.01. The zero-order chi connectivity index (χ0) is 20.2. The predicted molar refractivity (Wildman–Crippen MR) is 113 cm³/mol. The van der Waals surface area contributed by atoms with E-state index in [0.717, 1.165) is 28.4 Å². The number of carbonyl (C=O) groups excluding carboxylic acids is 1. The topological polar surface area (TPSA) is 64.7 Å². The van der Waals surface area contributed by atoms with Crippen LogP contribution in [0.2, 0.25) is 0 Å². The van der Waals surface area contributed by atoms with Crippen molar-refractivity contribution in [3.05, 3.63) is 95.5 Å². The van der Waals surface area contributed by atoms with Gasteiger partial charge in [0.15, 0.2) is 11.4 Å². The molecule has 5 nitrogen and oxygen atoms in total. The molecule has 3 heterocycles. The second-order valence-electron chi connectivity index (χ2n) is 6.86. The van der Waals surface area contributed by atoms with Gasteiger partial charge in [0, 0.05) is 42.1 Å². The molecule has 0 aliphatic carbocycles. The molecule has 144 valence electrons.